The summed E-state index contributed by atoms with van der Waals surface area (Å²) in [7, 11) is -1.95. The molecule has 0 saturated heterocycles. The van der Waals surface area contributed by atoms with Gasteiger partial charge < -0.3 is 24.5 Å². The SMILES string of the molecule is CCCCC(CC)COc1ccc(OB(O)O)c(O)c1. The van der Waals surface area contributed by atoms with E-state index in [1.54, 1.807) is 6.07 Å². The molecule has 5 nitrogen and oxygen atoms in total. The van der Waals surface area contributed by atoms with Crippen molar-refractivity contribution in [1.82, 2.24) is 0 Å². The van der Waals surface area contributed by atoms with Crippen LogP contribution < -0.4 is 9.39 Å². The summed E-state index contributed by atoms with van der Waals surface area (Å²) in [5.41, 5.74) is 0. The van der Waals surface area contributed by atoms with E-state index < -0.39 is 7.32 Å². The fourth-order valence-electron chi connectivity index (χ4n) is 1.91. The highest BCUT2D eigenvalue weighted by molar-refractivity contribution is 6.33. The third kappa shape index (κ3) is 5.71. The van der Waals surface area contributed by atoms with E-state index in [4.69, 9.17) is 14.8 Å². The number of phenolic OH excluding ortho intramolecular Hbond substituents is 1. The summed E-state index contributed by atoms with van der Waals surface area (Å²) in [6.45, 7) is 4.92. The fraction of sp³-hybridized carbons (Fsp3) is 0.571. The van der Waals surface area contributed by atoms with Crippen LogP contribution in [0.15, 0.2) is 18.2 Å². The molecule has 0 radical (unpaired) electrons. The quantitative estimate of drug-likeness (QED) is 0.606. The number of hydrogen-bond donors (Lipinski definition) is 3. The highest BCUT2D eigenvalue weighted by Gasteiger charge is 2.15. The van der Waals surface area contributed by atoms with Crippen molar-refractivity contribution in [2.45, 2.75) is 39.5 Å². The van der Waals surface area contributed by atoms with Gasteiger partial charge >= 0.3 is 7.32 Å². The molecule has 0 bridgehead atoms. The van der Waals surface area contributed by atoms with Gasteiger partial charge in [-0.2, -0.15) is 0 Å². The second-order valence-corrected chi connectivity index (χ2v) is 4.80. The van der Waals surface area contributed by atoms with Gasteiger partial charge in [-0.15, -0.1) is 0 Å². The molecule has 1 aromatic carbocycles. The van der Waals surface area contributed by atoms with E-state index in [2.05, 4.69) is 18.5 Å². The largest absolute Gasteiger partial charge is 0.707 e. The van der Waals surface area contributed by atoms with E-state index in [-0.39, 0.29) is 11.5 Å². The molecule has 20 heavy (non-hydrogen) atoms. The molecule has 0 fully saturated rings. The van der Waals surface area contributed by atoms with Crippen molar-refractivity contribution in [2.24, 2.45) is 5.92 Å². The molecule has 1 atom stereocenters. The second kappa shape index (κ2) is 8.71. The Morgan fingerprint density at radius 1 is 1.25 bits per heavy atom. The minimum Gasteiger partial charge on any atom is -0.509 e. The molecule has 0 aliphatic heterocycles. The van der Waals surface area contributed by atoms with E-state index >= 15 is 0 Å². The van der Waals surface area contributed by atoms with E-state index in [0.29, 0.717) is 18.3 Å². The lowest BCUT2D eigenvalue weighted by atomic mass is 10.0. The molecule has 6 heteroatoms. The number of benzene rings is 1. The van der Waals surface area contributed by atoms with Crippen LogP contribution >= 0.6 is 0 Å². The van der Waals surface area contributed by atoms with Crippen LogP contribution in [-0.4, -0.2) is 29.1 Å². The van der Waals surface area contributed by atoms with Crippen molar-refractivity contribution < 1.29 is 24.5 Å². The van der Waals surface area contributed by atoms with Gasteiger partial charge in [0.25, 0.3) is 0 Å². The zero-order valence-corrected chi connectivity index (χ0v) is 12.1. The molecule has 0 saturated carbocycles. The molecule has 1 rings (SSSR count). The standard InChI is InChI=1S/C14H23BO5/c1-3-5-6-11(4-2)10-19-12-7-8-14(13(16)9-12)20-15(17)18/h7-9,11,16-18H,3-6,10H2,1-2H3. The molecule has 0 aliphatic rings. The monoisotopic (exact) mass is 282 g/mol. The van der Waals surface area contributed by atoms with Gasteiger partial charge in [0.1, 0.15) is 11.5 Å². The van der Waals surface area contributed by atoms with Crippen LogP contribution in [0.3, 0.4) is 0 Å². The summed E-state index contributed by atoms with van der Waals surface area (Å²) in [4.78, 5) is 0. The zero-order chi connectivity index (χ0) is 15.0. The first-order valence-electron chi connectivity index (χ1n) is 7.05. The lowest BCUT2D eigenvalue weighted by molar-refractivity contribution is 0.232. The Morgan fingerprint density at radius 2 is 2.00 bits per heavy atom. The lowest BCUT2D eigenvalue weighted by Crippen LogP contribution is -2.20. The third-order valence-corrected chi connectivity index (χ3v) is 3.19. The van der Waals surface area contributed by atoms with Gasteiger partial charge in [-0.05, 0) is 24.5 Å². The highest BCUT2D eigenvalue weighted by Crippen LogP contribution is 2.30. The summed E-state index contributed by atoms with van der Waals surface area (Å²) in [6.07, 6.45) is 4.56. The van der Waals surface area contributed by atoms with E-state index in [1.165, 1.54) is 25.0 Å². The predicted molar refractivity (Wildman–Crippen MR) is 77.7 cm³/mol. The van der Waals surface area contributed by atoms with Gasteiger partial charge in [-0.1, -0.05) is 33.1 Å². The molecule has 0 aliphatic carbocycles. The molecule has 0 spiro atoms. The Kier molecular flexibility index (Phi) is 7.26. The summed E-state index contributed by atoms with van der Waals surface area (Å²) < 4.78 is 10.3. The Morgan fingerprint density at radius 3 is 2.55 bits per heavy atom. The Bertz CT molecular complexity index is 397. The van der Waals surface area contributed by atoms with Gasteiger partial charge in [-0.3, -0.25) is 0 Å². The van der Waals surface area contributed by atoms with Crippen molar-refractivity contribution >= 4 is 7.32 Å². The van der Waals surface area contributed by atoms with Gasteiger partial charge in [0.15, 0.2) is 5.75 Å². The van der Waals surface area contributed by atoms with Crippen molar-refractivity contribution in [2.75, 3.05) is 6.61 Å². The van der Waals surface area contributed by atoms with Crippen LogP contribution in [0.5, 0.6) is 17.2 Å². The summed E-state index contributed by atoms with van der Waals surface area (Å²) >= 11 is 0. The third-order valence-electron chi connectivity index (χ3n) is 3.19. The van der Waals surface area contributed by atoms with Crippen molar-refractivity contribution in [3.63, 3.8) is 0 Å². The molecular formula is C14H23BO5. The van der Waals surface area contributed by atoms with Crippen molar-refractivity contribution in [3.05, 3.63) is 18.2 Å². The molecule has 3 N–H and O–H groups in total. The first-order valence-corrected chi connectivity index (χ1v) is 7.05. The van der Waals surface area contributed by atoms with Crippen LogP contribution in [-0.2, 0) is 0 Å². The molecule has 0 heterocycles. The summed E-state index contributed by atoms with van der Waals surface area (Å²) in [5, 5.41) is 27.0. The van der Waals surface area contributed by atoms with Crippen molar-refractivity contribution in [1.29, 1.82) is 0 Å². The zero-order valence-electron chi connectivity index (χ0n) is 12.1. The lowest BCUT2D eigenvalue weighted by Gasteiger charge is -2.16. The topological polar surface area (TPSA) is 79.2 Å². The summed E-state index contributed by atoms with van der Waals surface area (Å²) in [6, 6.07) is 4.48. The van der Waals surface area contributed by atoms with Crippen LogP contribution in [0.2, 0.25) is 0 Å². The van der Waals surface area contributed by atoms with Gasteiger partial charge in [0.2, 0.25) is 0 Å². The first kappa shape index (κ1) is 16.7. The number of aromatic hydroxyl groups is 1. The maximum atomic E-state index is 9.68. The van der Waals surface area contributed by atoms with Crippen molar-refractivity contribution in [3.8, 4) is 17.2 Å². The molecule has 0 amide bonds. The van der Waals surface area contributed by atoms with Crippen LogP contribution in [0, 0.1) is 5.92 Å². The number of rotatable bonds is 9. The first-order chi connectivity index (χ1) is 9.56. The normalized spacial score (nSPS) is 12.0. The minimum absolute atomic E-state index is 0.00498. The molecule has 1 aromatic rings. The number of unbranched alkanes of at least 4 members (excludes halogenated alkanes) is 1. The van der Waals surface area contributed by atoms with E-state index in [9.17, 15) is 5.11 Å². The molecule has 1 unspecified atom stereocenters. The maximum Gasteiger partial charge on any atom is 0.707 e. The smallest absolute Gasteiger partial charge is 0.509 e. The highest BCUT2D eigenvalue weighted by atomic mass is 16.6. The number of ether oxygens (including phenoxy) is 1. The average molecular weight is 282 g/mol. The van der Waals surface area contributed by atoms with E-state index in [1.807, 2.05) is 0 Å². The number of phenols is 1. The minimum atomic E-state index is -1.95. The predicted octanol–water partition coefficient (Wildman–Crippen LogP) is 2.34. The van der Waals surface area contributed by atoms with Gasteiger partial charge in [0, 0.05) is 6.07 Å². The molecule has 112 valence electrons. The Labute approximate surface area is 120 Å². The summed E-state index contributed by atoms with van der Waals surface area (Å²) in [5.74, 6) is 0.868. The van der Waals surface area contributed by atoms with Gasteiger partial charge in [-0.25, -0.2) is 0 Å². The number of hydrogen-bond acceptors (Lipinski definition) is 5. The second-order valence-electron chi connectivity index (χ2n) is 4.80. The fourth-order valence-corrected chi connectivity index (χ4v) is 1.91. The Hall–Kier alpha value is -1.40. The average Bonchev–Trinajstić information content (AvgIpc) is 2.41. The van der Waals surface area contributed by atoms with Gasteiger partial charge in [0.05, 0.1) is 6.61 Å². The van der Waals surface area contributed by atoms with Crippen LogP contribution in [0.25, 0.3) is 0 Å². The van der Waals surface area contributed by atoms with Crippen LogP contribution in [0.1, 0.15) is 39.5 Å². The molecular weight excluding hydrogens is 259 g/mol. The van der Waals surface area contributed by atoms with E-state index in [0.717, 1.165) is 12.8 Å². The molecule has 0 aromatic heterocycles. The maximum absolute atomic E-state index is 9.68. The van der Waals surface area contributed by atoms with Crippen LogP contribution in [0.4, 0.5) is 0 Å². The Balaban J connectivity index is 2.53.